The van der Waals surface area contributed by atoms with E-state index in [0.29, 0.717) is 0 Å². The third kappa shape index (κ3) is 6.04. The van der Waals surface area contributed by atoms with E-state index in [1.807, 2.05) is 31.0 Å². The van der Waals surface area contributed by atoms with Crippen molar-refractivity contribution in [1.82, 2.24) is 9.80 Å². The van der Waals surface area contributed by atoms with Gasteiger partial charge in [0.1, 0.15) is 0 Å². The average molecular weight is 376 g/mol. The van der Waals surface area contributed by atoms with Crippen molar-refractivity contribution >= 4 is 17.6 Å². The van der Waals surface area contributed by atoms with Gasteiger partial charge in [0.25, 0.3) is 0 Å². The van der Waals surface area contributed by atoms with Crippen molar-refractivity contribution in [2.24, 2.45) is 0 Å². The predicted molar refractivity (Wildman–Crippen MR) is 108 cm³/mol. The molecule has 6 heteroatoms. The van der Waals surface area contributed by atoms with E-state index in [0.717, 1.165) is 31.6 Å². The van der Waals surface area contributed by atoms with Crippen LogP contribution in [-0.2, 0) is 15.0 Å². The van der Waals surface area contributed by atoms with Gasteiger partial charge in [0.05, 0.1) is 12.6 Å². The summed E-state index contributed by atoms with van der Waals surface area (Å²) in [4.78, 5) is 27.5. The van der Waals surface area contributed by atoms with Gasteiger partial charge in [0, 0.05) is 24.8 Å². The number of amides is 1. The van der Waals surface area contributed by atoms with Gasteiger partial charge in [-0.05, 0) is 49.9 Å². The van der Waals surface area contributed by atoms with Crippen LogP contribution in [0.2, 0.25) is 0 Å². The molecule has 2 rings (SSSR count). The van der Waals surface area contributed by atoms with E-state index in [-0.39, 0.29) is 30.0 Å². The van der Waals surface area contributed by atoms with E-state index in [1.54, 1.807) is 0 Å². The number of carboxylic acid groups (broad SMARTS) is 1. The summed E-state index contributed by atoms with van der Waals surface area (Å²) in [6, 6.07) is 8.08. The summed E-state index contributed by atoms with van der Waals surface area (Å²) in [5.41, 5.74) is 2.14. The lowest BCUT2D eigenvalue weighted by atomic mass is 9.87. The molecule has 6 nitrogen and oxygen atoms in total. The van der Waals surface area contributed by atoms with Crippen molar-refractivity contribution in [2.45, 2.75) is 58.0 Å². The summed E-state index contributed by atoms with van der Waals surface area (Å²) in [7, 11) is 1.85. The van der Waals surface area contributed by atoms with Crippen LogP contribution in [0.15, 0.2) is 24.3 Å². The number of nitrogens with zero attached hydrogens (tertiary/aromatic N) is 2. The van der Waals surface area contributed by atoms with Crippen molar-refractivity contribution < 1.29 is 14.7 Å². The molecule has 1 heterocycles. The molecule has 0 spiro atoms. The minimum Gasteiger partial charge on any atom is -0.480 e. The van der Waals surface area contributed by atoms with Gasteiger partial charge in [-0.3, -0.25) is 19.4 Å². The van der Waals surface area contributed by atoms with Gasteiger partial charge in [-0.1, -0.05) is 32.9 Å². The molecule has 0 radical (unpaired) electrons. The van der Waals surface area contributed by atoms with Crippen molar-refractivity contribution in [3.05, 3.63) is 29.8 Å². The zero-order chi connectivity index (χ0) is 20.2. The highest BCUT2D eigenvalue weighted by atomic mass is 16.4. The maximum atomic E-state index is 12.6. The lowest BCUT2D eigenvalue weighted by Crippen LogP contribution is -2.50. The Balaban J connectivity index is 1.86. The first-order valence-corrected chi connectivity index (χ1v) is 9.65. The number of hydrogen-bond donors (Lipinski definition) is 2. The van der Waals surface area contributed by atoms with Crippen LogP contribution in [0.4, 0.5) is 5.69 Å². The van der Waals surface area contributed by atoms with E-state index in [2.05, 4.69) is 43.1 Å². The molecular formula is C21H33N3O3. The van der Waals surface area contributed by atoms with Crippen LogP contribution in [0.5, 0.6) is 0 Å². The lowest BCUT2D eigenvalue weighted by Gasteiger charge is -2.38. The third-order valence-electron chi connectivity index (χ3n) is 5.45. The van der Waals surface area contributed by atoms with E-state index in [1.165, 1.54) is 5.56 Å². The molecule has 1 amide bonds. The molecule has 1 atom stereocenters. The number of likely N-dealkylation sites (N-methyl/N-ethyl adjacent to an activating group) is 1. The molecule has 1 aliphatic heterocycles. The number of likely N-dealkylation sites (tertiary alicyclic amines) is 1. The fourth-order valence-electron chi connectivity index (χ4n) is 3.52. The Morgan fingerprint density at radius 1 is 1.22 bits per heavy atom. The van der Waals surface area contributed by atoms with Crippen LogP contribution in [-0.4, -0.2) is 65.5 Å². The third-order valence-corrected chi connectivity index (χ3v) is 5.45. The molecule has 0 saturated carbocycles. The minimum atomic E-state index is -0.801. The van der Waals surface area contributed by atoms with Crippen LogP contribution >= 0.6 is 0 Å². The highest BCUT2D eigenvalue weighted by Crippen LogP contribution is 2.24. The molecule has 1 saturated heterocycles. The molecule has 0 bridgehead atoms. The lowest BCUT2D eigenvalue weighted by molar-refractivity contribution is -0.138. The molecule has 0 aliphatic carbocycles. The minimum absolute atomic E-state index is 0.00384. The zero-order valence-corrected chi connectivity index (χ0v) is 17.2. The number of carbonyl (C=O) groups is 2. The quantitative estimate of drug-likeness (QED) is 0.800. The summed E-state index contributed by atoms with van der Waals surface area (Å²) in [5.74, 6) is -0.805. The average Bonchev–Trinajstić information content (AvgIpc) is 2.60. The van der Waals surface area contributed by atoms with Gasteiger partial charge in [-0.2, -0.15) is 0 Å². The number of piperidine rings is 1. The Kier molecular flexibility index (Phi) is 7.00. The van der Waals surface area contributed by atoms with Gasteiger partial charge in [-0.25, -0.2) is 0 Å². The number of hydrogen-bond acceptors (Lipinski definition) is 4. The molecule has 1 aliphatic rings. The van der Waals surface area contributed by atoms with Crippen LogP contribution in [0, 0.1) is 0 Å². The molecule has 1 unspecified atom stereocenters. The van der Waals surface area contributed by atoms with Crippen LogP contribution < -0.4 is 5.32 Å². The van der Waals surface area contributed by atoms with Crippen LogP contribution in [0.1, 0.15) is 46.1 Å². The molecule has 1 aromatic rings. The number of nitrogens with one attached hydrogen (secondary N) is 1. The van der Waals surface area contributed by atoms with E-state index in [4.69, 9.17) is 5.11 Å². The SMILES string of the molecule is CC(C(=O)Nc1ccc(C(C)(C)C)cc1)N1CCC(N(C)CC(=O)O)CC1. The van der Waals surface area contributed by atoms with E-state index >= 15 is 0 Å². The van der Waals surface area contributed by atoms with Crippen LogP contribution in [0.25, 0.3) is 0 Å². The Morgan fingerprint density at radius 2 is 1.78 bits per heavy atom. The highest BCUT2D eigenvalue weighted by molar-refractivity contribution is 5.94. The predicted octanol–water partition coefficient (Wildman–Crippen LogP) is 2.79. The molecular weight excluding hydrogens is 342 g/mol. The van der Waals surface area contributed by atoms with Crippen LogP contribution in [0.3, 0.4) is 0 Å². The Bertz CT molecular complexity index is 644. The van der Waals surface area contributed by atoms with Gasteiger partial charge in [-0.15, -0.1) is 0 Å². The number of carboxylic acids is 1. The molecule has 1 aromatic carbocycles. The Hall–Kier alpha value is -1.92. The fraction of sp³-hybridized carbons (Fsp3) is 0.619. The van der Waals surface area contributed by atoms with Gasteiger partial charge >= 0.3 is 5.97 Å². The fourth-order valence-corrected chi connectivity index (χ4v) is 3.52. The molecule has 27 heavy (non-hydrogen) atoms. The van der Waals surface area contributed by atoms with Crippen molar-refractivity contribution in [3.63, 3.8) is 0 Å². The first-order chi connectivity index (χ1) is 12.6. The molecule has 150 valence electrons. The second-order valence-electron chi connectivity index (χ2n) is 8.57. The summed E-state index contributed by atoms with van der Waals surface area (Å²) in [6.45, 7) is 10.1. The molecule has 2 N–H and O–H groups in total. The van der Waals surface area contributed by atoms with Gasteiger partial charge in [0.2, 0.25) is 5.91 Å². The number of anilines is 1. The summed E-state index contributed by atoms with van der Waals surface area (Å²) in [5, 5.41) is 11.9. The highest BCUT2D eigenvalue weighted by Gasteiger charge is 2.28. The first-order valence-electron chi connectivity index (χ1n) is 9.65. The summed E-state index contributed by atoms with van der Waals surface area (Å²) >= 11 is 0. The second-order valence-corrected chi connectivity index (χ2v) is 8.57. The zero-order valence-electron chi connectivity index (χ0n) is 17.2. The van der Waals surface area contributed by atoms with Crippen molar-refractivity contribution in [2.75, 3.05) is 32.0 Å². The van der Waals surface area contributed by atoms with E-state index in [9.17, 15) is 9.59 Å². The smallest absolute Gasteiger partial charge is 0.317 e. The Morgan fingerprint density at radius 3 is 2.26 bits per heavy atom. The first kappa shape index (κ1) is 21.4. The topological polar surface area (TPSA) is 72.9 Å². The van der Waals surface area contributed by atoms with Crippen molar-refractivity contribution in [3.8, 4) is 0 Å². The summed E-state index contributed by atoms with van der Waals surface area (Å²) in [6.07, 6.45) is 1.75. The van der Waals surface area contributed by atoms with Gasteiger partial charge in [0.15, 0.2) is 0 Å². The number of aliphatic carboxylic acids is 1. The normalized spacial score (nSPS) is 17.7. The maximum Gasteiger partial charge on any atom is 0.317 e. The van der Waals surface area contributed by atoms with Gasteiger partial charge < -0.3 is 10.4 Å². The molecule has 0 aromatic heterocycles. The number of benzene rings is 1. The number of carbonyl (C=O) groups excluding carboxylic acids is 1. The molecule has 1 fully saturated rings. The maximum absolute atomic E-state index is 12.6. The second kappa shape index (κ2) is 8.85. The largest absolute Gasteiger partial charge is 0.480 e. The summed E-state index contributed by atoms with van der Waals surface area (Å²) < 4.78 is 0. The van der Waals surface area contributed by atoms with E-state index < -0.39 is 5.97 Å². The van der Waals surface area contributed by atoms with Crippen molar-refractivity contribution in [1.29, 1.82) is 0 Å². The number of rotatable bonds is 6. The standard InChI is InChI=1S/C21H33N3O3/c1-15(24-12-10-18(11-13-24)23(5)14-19(25)26)20(27)22-17-8-6-16(7-9-17)21(2,3)4/h6-9,15,18H,10-14H2,1-5H3,(H,22,27)(H,25,26). The Labute approximate surface area is 162 Å². The monoisotopic (exact) mass is 375 g/mol.